The molecule has 1 atom stereocenters. The van der Waals surface area contributed by atoms with E-state index in [-0.39, 0.29) is 6.04 Å². The van der Waals surface area contributed by atoms with Crippen LogP contribution in [0.25, 0.3) is 0 Å². The molecule has 0 saturated heterocycles. The summed E-state index contributed by atoms with van der Waals surface area (Å²) >= 11 is 18.2. The molecule has 2 rings (SSSR count). The Kier molecular flexibility index (Phi) is 4.51. The van der Waals surface area contributed by atoms with Crippen LogP contribution in [-0.4, -0.2) is 9.97 Å². The summed E-state index contributed by atoms with van der Waals surface area (Å²) in [6, 6.07) is 3.50. The molecule has 0 amide bonds. The number of aromatic amines is 1. The number of halogens is 3. The van der Waals surface area contributed by atoms with Gasteiger partial charge in [0.2, 0.25) is 0 Å². The highest BCUT2D eigenvalue weighted by Gasteiger charge is 2.12. The van der Waals surface area contributed by atoms with Crippen molar-refractivity contribution in [2.45, 2.75) is 19.5 Å². The molecule has 1 aromatic carbocycles. The fourth-order valence-corrected chi connectivity index (χ4v) is 2.28. The minimum Gasteiger partial charge on any atom is -0.347 e. The zero-order valence-electron chi connectivity index (χ0n) is 9.67. The van der Waals surface area contributed by atoms with Crippen molar-refractivity contribution >= 4 is 34.8 Å². The van der Waals surface area contributed by atoms with Gasteiger partial charge in [-0.15, -0.1) is 0 Å². The summed E-state index contributed by atoms with van der Waals surface area (Å²) in [5, 5.41) is 4.88. The maximum Gasteiger partial charge on any atom is 0.122 e. The molecule has 96 valence electrons. The first-order valence-corrected chi connectivity index (χ1v) is 6.58. The van der Waals surface area contributed by atoms with Crippen LogP contribution in [0.15, 0.2) is 24.5 Å². The minimum atomic E-state index is 0.0751. The first-order chi connectivity index (χ1) is 8.59. The average Bonchev–Trinajstić information content (AvgIpc) is 2.87. The third-order valence-electron chi connectivity index (χ3n) is 2.65. The maximum atomic E-state index is 6.13. The van der Waals surface area contributed by atoms with Gasteiger partial charge in [-0.2, -0.15) is 0 Å². The number of imidazole rings is 1. The van der Waals surface area contributed by atoms with E-state index in [1.807, 2.05) is 6.92 Å². The van der Waals surface area contributed by atoms with Gasteiger partial charge in [0.15, 0.2) is 0 Å². The lowest BCUT2D eigenvalue weighted by molar-refractivity contribution is 0.551. The molecule has 2 aromatic rings. The molecular weight excluding hydrogens is 293 g/mol. The van der Waals surface area contributed by atoms with Crippen molar-refractivity contribution in [2.75, 3.05) is 0 Å². The Bertz CT molecular complexity index is 526. The molecule has 18 heavy (non-hydrogen) atoms. The highest BCUT2D eigenvalue weighted by molar-refractivity contribution is 6.44. The number of benzene rings is 1. The van der Waals surface area contributed by atoms with E-state index in [1.54, 1.807) is 24.5 Å². The van der Waals surface area contributed by atoms with Crippen molar-refractivity contribution < 1.29 is 0 Å². The Hall–Kier alpha value is -0.740. The first-order valence-electron chi connectivity index (χ1n) is 5.44. The van der Waals surface area contributed by atoms with Crippen LogP contribution < -0.4 is 5.32 Å². The van der Waals surface area contributed by atoms with E-state index in [0.29, 0.717) is 21.6 Å². The fraction of sp³-hybridized carbons (Fsp3) is 0.250. The molecule has 0 aliphatic heterocycles. The molecule has 1 aromatic heterocycles. The molecular formula is C12H12Cl3N3. The zero-order chi connectivity index (χ0) is 13.1. The van der Waals surface area contributed by atoms with Crippen molar-refractivity contribution in [3.8, 4) is 0 Å². The summed E-state index contributed by atoms with van der Waals surface area (Å²) in [6.45, 7) is 2.53. The van der Waals surface area contributed by atoms with Crippen molar-refractivity contribution in [3.63, 3.8) is 0 Å². The van der Waals surface area contributed by atoms with Crippen LogP contribution in [-0.2, 0) is 6.54 Å². The standard InChI is InChI=1S/C12H12Cl3N3/c1-7(12-16-4-5-17-12)18-6-8-9(13)2-3-10(14)11(8)15/h2-5,7,18H,6H2,1H3,(H,16,17). The summed E-state index contributed by atoms with van der Waals surface area (Å²) in [5.41, 5.74) is 0.796. The third kappa shape index (κ3) is 2.98. The summed E-state index contributed by atoms with van der Waals surface area (Å²) in [6.07, 6.45) is 3.50. The van der Waals surface area contributed by atoms with E-state index in [0.717, 1.165) is 11.4 Å². The second-order valence-corrected chi connectivity index (χ2v) is 5.09. The Morgan fingerprint density at radius 2 is 2.00 bits per heavy atom. The molecule has 0 spiro atoms. The number of H-pyrrole nitrogens is 1. The molecule has 0 saturated carbocycles. The Labute approximate surface area is 120 Å². The topological polar surface area (TPSA) is 40.7 Å². The number of rotatable bonds is 4. The van der Waals surface area contributed by atoms with Crippen LogP contribution in [0, 0.1) is 0 Å². The molecule has 6 heteroatoms. The van der Waals surface area contributed by atoms with E-state index >= 15 is 0 Å². The number of nitrogens with one attached hydrogen (secondary N) is 2. The molecule has 0 aliphatic carbocycles. The number of hydrogen-bond acceptors (Lipinski definition) is 2. The smallest absolute Gasteiger partial charge is 0.122 e. The van der Waals surface area contributed by atoms with Crippen LogP contribution in [0.2, 0.25) is 15.1 Å². The van der Waals surface area contributed by atoms with Crippen LogP contribution in [0.1, 0.15) is 24.4 Å². The lowest BCUT2D eigenvalue weighted by Gasteiger charge is -2.14. The summed E-state index contributed by atoms with van der Waals surface area (Å²) in [5.74, 6) is 0.865. The molecule has 3 nitrogen and oxygen atoms in total. The van der Waals surface area contributed by atoms with Crippen LogP contribution in [0.3, 0.4) is 0 Å². The van der Waals surface area contributed by atoms with Crippen molar-refractivity contribution in [1.29, 1.82) is 0 Å². The average molecular weight is 305 g/mol. The van der Waals surface area contributed by atoms with Gasteiger partial charge in [0.25, 0.3) is 0 Å². The summed E-state index contributed by atoms with van der Waals surface area (Å²) in [7, 11) is 0. The van der Waals surface area contributed by atoms with Gasteiger partial charge in [0.05, 0.1) is 16.1 Å². The quantitative estimate of drug-likeness (QED) is 0.830. The normalized spacial score (nSPS) is 12.7. The van der Waals surface area contributed by atoms with Crippen molar-refractivity contribution in [2.24, 2.45) is 0 Å². The van der Waals surface area contributed by atoms with Crippen LogP contribution in [0.4, 0.5) is 0 Å². The van der Waals surface area contributed by atoms with E-state index in [9.17, 15) is 0 Å². The van der Waals surface area contributed by atoms with Gasteiger partial charge in [-0.1, -0.05) is 34.8 Å². The summed E-state index contributed by atoms with van der Waals surface area (Å²) < 4.78 is 0. The molecule has 2 N–H and O–H groups in total. The molecule has 0 fully saturated rings. The van der Waals surface area contributed by atoms with Crippen molar-refractivity contribution in [1.82, 2.24) is 15.3 Å². The van der Waals surface area contributed by atoms with E-state index in [1.165, 1.54) is 0 Å². The van der Waals surface area contributed by atoms with Gasteiger partial charge < -0.3 is 10.3 Å². The first kappa shape index (κ1) is 13.7. The lowest BCUT2D eigenvalue weighted by atomic mass is 10.2. The number of nitrogens with zero attached hydrogens (tertiary/aromatic N) is 1. The monoisotopic (exact) mass is 303 g/mol. The van der Waals surface area contributed by atoms with E-state index in [2.05, 4.69) is 15.3 Å². The van der Waals surface area contributed by atoms with E-state index in [4.69, 9.17) is 34.8 Å². The van der Waals surface area contributed by atoms with Gasteiger partial charge >= 0.3 is 0 Å². The highest BCUT2D eigenvalue weighted by atomic mass is 35.5. The second-order valence-electron chi connectivity index (χ2n) is 3.90. The van der Waals surface area contributed by atoms with Gasteiger partial charge in [-0.25, -0.2) is 4.98 Å². The zero-order valence-corrected chi connectivity index (χ0v) is 11.9. The predicted octanol–water partition coefficient (Wildman–Crippen LogP) is 4.22. The van der Waals surface area contributed by atoms with E-state index < -0.39 is 0 Å². The third-order valence-corrected chi connectivity index (χ3v) is 3.85. The van der Waals surface area contributed by atoms with Crippen molar-refractivity contribution in [3.05, 3.63) is 51.0 Å². The minimum absolute atomic E-state index is 0.0751. The molecule has 1 heterocycles. The Morgan fingerprint density at radius 3 is 2.67 bits per heavy atom. The fourth-order valence-electron chi connectivity index (χ4n) is 1.60. The second kappa shape index (κ2) is 5.93. The van der Waals surface area contributed by atoms with Gasteiger partial charge in [0.1, 0.15) is 5.82 Å². The van der Waals surface area contributed by atoms with Gasteiger partial charge in [-0.05, 0) is 19.1 Å². The molecule has 0 radical (unpaired) electrons. The SMILES string of the molecule is CC(NCc1c(Cl)ccc(Cl)c1Cl)c1ncc[nH]1. The summed E-state index contributed by atoms with van der Waals surface area (Å²) in [4.78, 5) is 7.23. The van der Waals surface area contributed by atoms with Crippen LogP contribution in [0.5, 0.6) is 0 Å². The highest BCUT2D eigenvalue weighted by Crippen LogP contribution is 2.31. The molecule has 0 bridgehead atoms. The predicted molar refractivity (Wildman–Crippen MR) is 75.3 cm³/mol. The molecule has 0 aliphatic rings. The number of hydrogen-bond donors (Lipinski definition) is 2. The lowest BCUT2D eigenvalue weighted by Crippen LogP contribution is -2.19. The maximum absolute atomic E-state index is 6.13. The largest absolute Gasteiger partial charge is 0.347 e. The Morgan fingerprint density at radius 1 is 1.28 bits per heavy atom. The molecule has 1 unspecified atom stereocenters. The van der Waals surface area contributed by atoms with Gasteiger partial charge in [-0.3, -0.25) is 0 Å². The van der Waals surface area contributed by atoms with Gasteiger partial charge in [0, 0.05) is 29.5 Å². The van der Waals surface area contributed by atoms with Crippen LogP contribution >= 0.6 is 34.8 Å². The number of aromatic nitrogens is 2. The Balaban J connectivity index is 2.09.